The Morgan fingerprint density at radius 2 is 1.14 bits per heavy atom. The second-order valence-electron chi connectivity index (χ2n) is 8.63. The minimum atomic E-state index is -1.53. The van der Waals surface area contributed by atoms with Crippen LogP contribution in [0.2, 0.25) is 0 Å². The molecule has 5 heteroatoms. The molecule has 0 aliphatic carbocycles. The van der Waals surface area contributed by atoms with Crippen LogP contribution in [0, 0.1) is 16.2 Å². The summed E-state index contributed by atoms with van der Waals surface area (Å²) >= 11 is 0. The number of aliphatic carboxylic acids is 1. The average Bonchev–Trinajstić information content (AvgIpc) is 2.55. The van der Waals surface area contributed by atoms with Crippen LogP contribution in [0.1, 0.15) is 62.3 Å². The van der Waals surface area contributed by atoms with Crippen molar-refractivity contribution >= 4 is 17.4 Å². The number of carbonyl (C=O) groups excluding carboxylic acids is 1. The topological polar surface area (TPSA) is 64.8 Å². The first-order chi connectivity index (χ1) is 8.63. The first-order valence-electron chi connectivity index (χ1n) is 7.05. The Kier molecular flexibility index (Phi) is 6.28. The summed E-state index contributed by atoms with van der Waals surface area (Å²) in [7, 11) is 0. The van der Waals surface area contributed by atoms with E-state index < -0.39 is 17.0 Å². The number of aliphatic imine (C=N–C) groups is 2. The van der Waals surface area contributed by atoms with E-state index in [2.05, 4.69) is 9.98 Å². The van der Waals surface area contributed by atoms with Crippen molar-refractivity contribution in [1.82, 2.24) is 0 Å². The van der Waals surface area contributed by atoms with E-state index in [0.29, 0.717) is 0 Å². The van der Waals surface area contributed by atoms with Crippen molar-refractivity contribution in [3.8, 4) is 0 Å². The standard InChI is InChI=1S/C16H28N2O2.K/c1-13(2,3)10-11(14(4,5)6)18-16(17-10,12(19)20)15(7,8)9;/h1-9H3,(H,19,20);/q;+1/p-1. The summed E-state index contributed by atoms with van der Waals surface area (Å²) in [4.78, 5) is 20.9. The summed E-state index contributed by atoms with van der Waals surface area (Å²) in [5.41, 5.74) is -1.15. The maximum absolute atomic E-state index is 11.8. The second kappa shape index (κ2) is 6.15. The molecule has 0 N–H and O–H groups in total. The molecule has 0 atom stereocenters. The molecule has 0 radical (unpaired) electrons. The van der Waals surface area contributed by atoms with Crippen LogP contribution < -0.4 is 56.5 Å². The third-order valence-electron chi connectivity index (χ3n) is 3.52. The van der Waals surface area contributed by atoms with Gasteiger partial charge in [0.25, 0.3) is 0 Å². The molecule has 0 spiro atoms. The quantitative estimate of drug-likeness (QED) is 0.610. The molecule has 1 heterocycles. The minimum absolute atomic E-state index is 0. The maximum atomic E-state index is 11.8. The van der Waals surface area contributed by atoms with Gasteiger partial charge in [-0.3, -0.25) is 9.98 Å². The SMILES string of the molecule is CC(C)(C)C1=NC(C(=O)[O-])(C(C)(C)C)N=C1C(C)(C)C.[K+]. The Morgan fingerprint density at radius 3 is 1.29 bits per heavy atom. The number of rotatable bonds is 1. The van der Waals surface area contributed by atoms with Crippen molar-refractivity contribution in [1.29, 1.82) is 0 Å². The predicted octanol–water partition coefficient (Wildman–Crippen LogP) is -0.529. The molecule has 1 rings (SSSR count). The fourth-order valence-corrected chi connectivity index (χ4v) is 2.23. The Balaban J connectivity index is 0.00000400. The molecule has 0 unspecified atom stereocenters. The van der Waals surface area contributed by atoms with Crippen molar-refractivity contribution in [2.24, 2.45) is 26.2 Å². The Bertz CT molecular complexity index is 456. The van der Waals surface area contributed by atoms with Crippen molar-refractivity contribution in [2.75, 3.05) is 0 Å². The van der Waals surface area contributed by atoms with E-state index >= 15 is 0 Å². The van der Waals surface area contributed by atoms with E-state index in [0.717, 1.165) is 11.4 Å². The number of hydrogen-bond donors (Lipinski definition) is 0. The molecule has 0 amide bonds. The molecule has 0 bridgehead atoms. The fraction of sp³-hybridized carbons (Fsp3) is 0.812. The Hall–Kier alpha value is 0.446. The molecule has 0 aromatic carbocycles. The van der Waals surface area contributed by atoms with Gasteiger partial charge in [0.15, 0.2) is 5.66 Å². The van der Waals surface area contributed by atoms with Gasteiger partial charge >= 0.3 is 51.4 Å². The maximum Gasteiger partial charge on any atom is 1.00 e. The Morgan fingerprint density at radius 1 is 0.857 bits per heavy atom. The molecular weight excluding hydrogens is 291 g/mol. The monoisotopic (exact) mass is 318 g/mol. The van der Waals surface area contributed by atoms with Gasteiger partial charge in [-0.1, -0.05) is 62.3 Å². The van der Waals surface area contributed by atoms with Gasteiger partial charge < -0.3 is 9.90 Å². The van der Waals surface area contributed by atoms with Crippen molar-refractivity contribution < 1.29 is 61.3 Å². The molecule has 1 aliphatic rings. The van der Waals surface area contributed by atoms with Crippen LogP contribution in [0.5, 0.6) is 0 Å². The van der Waals surface area contributed by atoms with E-state index in [-0.39, 0.29) is 62.2 Å². The molecule has 0 saturated carbocycles. The summed E-state index contributed by atoms with van der Waals surface area (Å²) in [6, 6.07) is 0. The van der Waals surface area contributed by atoms with Crippen LogP contribution in [0.25, 0.3) is 0 Å². The van der Waals surface area contributed by atoms with Crippen LogP contribution in [0.3, 0.4) is 0 Å². The fourth-order valence-electron chi connectivity index (χ4n) is 2.23. The average molecular weight is 319 g/mol. The van der Waals surface area contributed by atoms with E-state index in [9.17, 15) is 9.90 Å². The molecule has 0 saturated heterocycles. The minimum Gasteiger partial charge on any atom is -0.545 e. The van der Waals surface area contributed by atoms with Crippen LogP contribution in [-0.4, -0.2) is 23.1 Å². The van der Waals surface area contributed by atoms with Crippen molar-refractivity contribution in [3.63, 3.8) is 0 Å². The van der Waals surface area contributed by atoms with Crippen LogP contribution in [-0.2, 0) is 4.79 Å². The molecular formula is C16H27KN2O2. The summed E-state index contributed by atoms with van der Waals surface area (Å²) in [6.45, 7) is 17.7. The van der Waals surface area contributed by atoms with E-state index in [4.69, 9.17) is 0 Å². The van der Waals surface area contributed by atoms with Gasteiger partial charge in [0.1, 0.15) is 0 Å². The van der Waals surface area contributed by atoms with Crippen molar-refractivity contribution in [2.45, 2.75) is 68.0 Å². The zero-order chi connectivity index (χ0) is 16.1. The molecule has 1 aliphatic heterocycles. The number of carbonyl (C=O) groups is 1. The van der Waals surface area contributed by atoms with Gasteiger partial charge in [-0.2, -0.15) is 0 Å². The van der Waals surface area contributed by atoms with Gasteiger partial charge in [0.2, 0.25) is 0 Å². The molecule has 114 valence electrons. The van der Waals surface area contributed by atoms with Gasteiger partial charge in [-0.15, -0.1) is 0 Å². The predicted molar refractivity (Wildman–Crippen MR) is 81.0 cm³/mol. The van der Waals surface area contributed by atoms with E-state index in [1.54, 1.807) is 0 Å². The van der Waals surface area contributed by atoms with Gasteiger partial charge in [0.05, 0.1) is 17.4 Å². The summed E-state index contributed by atoms with van der Waals surface area (Å²) < 4.78 is 0. The van der Waals surface area contributed by atoms with Crippen molar-refractivity contribution in [3.05, 3.63) is 0 Å². The first kappa shape index (κ1) is 21.4. The molecule has 4 nitrogen and oxygen atoms in total. The van der Waals surface area contributed by atoms with Crippen LogP contribution in [0.4, 0.5) is 0 Å². The van der Waals surface area contributed by atoms with Crippen LogP contribution in [0.15, 0.2) is 9.98 Å². The summed E-state index contributed by atoms with van der Waals surface area (Å²) in [5.74, 6) is -1.23. The number of carboxylic acid groups (broad SMARTS) is 1. The summed E-state index contributed by atoms with van der Waals surface area (Å²) in [6.07, 6.45) is 0. The number of carboxylic acids is 1. The van der Waals surface area contributed by atoms with E-state index in [1.807, 2.05) is 62.3 Å². The van der Waals surface area contributed by atoms with Gasteiger partial charge in [-0.05, 0) is 0 Å². The second-order valence-corrected chi connectivity index (χ2v) is 8.63. The largest absolute Gasteiger partial charge is 1.00 e. The zero-order valence-corrected chi connectivity index (χ0v) is 18.3. The van der Waals surface area contributed by atoms with Gasteiger partial charge in [-0.25, -0.2) is 0 Å². The van der Waals surface area contributed by atoms with Crippen LogP contribution >= 0.6 is 0 Å². The molecule has 0 aromatic rings. The third kappa shape index (κ3) is 4.05. The number of hydrogen-bond acceptors (Lipinski definition) is 4. The first-order valence-corrected chi connectivity index (χ1v) is 7.05. The van der Waals surface area contributed by atoms with Gasteiger partial charge in [0, 0.05) is 16.2 Å². The number of nitrogens with zero attached hydrogens (tertiary/aromatic N) is 2. The normalized spacial score (nSPS) is 18.7. The third-order valence-corrected chi connectivity index (χ3v) is 3.52. The summed E-state index contributed by atoms with van der Waals surface area (Å²) in [5, 5.41) is 11.8. The zero-order valence-electron chi connectivity index (χ0n) is 15.2. The smallest absolute Gasteiger partial charge is 0.545 e. The molecule has 21 heavy (non-hydrogen) atoms. The molecule has 0 aromatic heterocycles. The van der Waals surface area contributed by atoms with E-state index in [1.165, 1.54) is 0 Å². The Labute approximate surface area is 171 Å². The molecule has 0 fully saturated rings.